The Morgan fingerprint density at radius 2 is 1.81 bits per heavy atom. The average molecular weight is 436 g/mol. The molecule has 0 radical (unpaired) electrons. The molecule has 170 valence electrons. The number of fused-ring (bicyclic) bond motifs is 1. The van der Waals surface area contributed by atoms with E-state index >= 15 is 0 Å². The summed E-state index contributed by atoms with van der Waals surface area (Å²) in [4.78, 5) is 21.8. The van der Waals surface area contributed by atoms with Gasteiger partial charge in [0.2, 0.25) is 0 Å². The Morgan fingerprint density at radius 3 is 2.56 bits per heavy atom. The van der Waals surface area contributed by atoms with E-state index in [0.717, 1.165) is 45.3 Å². The lowest BCUT2D eigenvalue weighted by atomic mass is 10.1. The predicted molar refractivity (Wildman–Crippen MR) is 127 cm³/mol. The summed E-state index contributed by atoms with van der Waals surface area (Å²) in [6.45, 7) is 8.28. The van der Waals surface area contributed by atoms with Gasteiger partial charge in [-0.05, 0) is 24.6 Å². The van der Waals surface area contributed by atoms with Crippen molar-refractivity contribution in [2.45, 2.75) is 25.6 Å². The molecule has 0 saturated carbocycles. The first-order valence-electron chi connectivity index (χ1n) is 11.5. The van der Waals surface area contributed by atoms with Gasteiger partial charge < -0.3 is 20.3 Å². The summed E-state index contributed by atoms with van der Waals surface area (Å²) in [6.07, 6.45) is 0.189. The maximum Gasteiger partial charge on any atom is 0.251 e. The summed E-state index contributed by atoms with van der Waals surface area (Å²) in [5.74, 6) is 0.821. The number of amides is 1. The van der Waals surface area contributed by atoms with E-state index in [0.29, 0.717) is 24.7 Å². The monoisotopic (exact) mass is 435 g/mol. The second-order valence-corrected chi connectivity index (χ2v) is 8.20. The quantitative estimate of drug-likeness (QED) is 0.395. The normalized spacial score (nSPS) is 21.3. The molecule has 2 aromatic rings. The Hall–Kier alpha value is -2.90. The zero-order valence-electron chi connectivity index (χ0n) is 18.7. The van der Waals surface area contributed by atoms with Crippen molar-refractivity contribution in [3.05, 3.63) is 71.8 Å². The third-order valence-electron chi connectivity index (χ3n) is 5.97. The zero-order chi connectivity index (χ0) is 22.2. The van der Waals surface area contributed by atoms with Gasteiger partial charge >= 0.3 is 0 Å². The molecule has 2 fully saturated rings. The van der Waals surface area contributed by atoms with Crippen LogP contribution in [0.3, 0.4) is 0 Å². The molecule has 2 atom stereocenters. The third-order valence-corrected chi connectivity index (χ3v) is 5.97. The van der Waals surface area contributed by atoms with Crippen LogP contribution in [-0.4, -0.2) is 79.7 Å². The SMILES string of the molecule is CCNC(=NCCNC(=O)c1ccccc1)N1CC2OCCN(Cc3ccccc3)C2C1. The first-order chi connectivity index (χ1) is 15.7. The molecule has 2 saturated heterocycles. The van der Waals surface area contributed by atoms with E-state index in [1.165, 1.54) is 5.56 Å². The van der Waals surface area contributed by atoms with Crippen LogP contribution in [0.1, 0.15) is 22.8 Å². The van der Waals surface area contributed by atoms with Crippen LogP contribution in [0, 0.1) is 0 Å². The first-order valence-corrected chi connectivity index (χ1v) is 11.5. The minimum atomic E-state index is -0.0667. The molecule has 7 nitrogen and oxygen atoms in total. The highest BCUT2D eigenvalue weighted by molar-refractivity contribution is 5.94. The zero-order valence-corrected chi connectivity index (χ0v) is 18.7. The minimum absolute atomic E-state index is 0.0667. The fraction of sp³-hybridized carbons (Fsp3) is 0.440. The number of likely N-dealkylation sites (tertiary alicyclic amines) is 1. The maximum atomic E-state index is 12.2. The number of guanidine groups is 1. The maximum absolute atomic E-state index is 12.2. The van der Waals surface area contributed by atoms with Crippen molar-refractivity contribution in [3.8, 4) is 0 Å². The molecule has 0 spiro atoms. The second kappa shape index (κ2) is 11.1. The van der Waals surface area contributed by atoms with Gasteiger partial charge in [0.05, 0.1) is 25.3 Å². The molecule has 0 aliphatic carbocycles. The standard InChI is InChI=1S/C25H33N5O2/c1-2-26-25(28-14-13-27-24(31)21-11-7-4-8-12-21)30-18-22-23(19-30)32-16-15-29(22)17-20-9-5-3-6-10-20/h3-12,22-23H,2,13-19H2,1H3,(H,26,28)(H,27,31). The van der Waals surface area contributed by atoms with Crippen molar-refractivity contribution < 1.29 is 9.53 Å². The van der Waals surface area contributed by atoms with Gasteiger partial charge in [0.1, 0.15) is 0 Å². The number of rotatable bonds is 7. The Kier molecular flexibility index (Phi) is 7.74. The van der Waals surface area contributed by atoms with Crippen LogP contribution in [-0.2, 0) is 11.3 Å². The van der Waals surface area contributed by atoms with Crippen LogP contribution in [0.15, 0.2) is 65.7 Å². The molecular weight excluding hydrogens is 402 g/mol. The third kappa shape index (κ3) is 5.66. The van der Waals surface area contributed by atoms with Crippen LogP contribution < -0.4 is 10.6 Å². The van der Waals surface area contributed by atoms with E-state index in [2.05, 4.69) is 57.7 Å². The lowest BCUT2D eigenvalue weighted by Crippen LogP contribution is -2.50. The smallest absolute Gasteiger partial charge is 0.251 e. The summed E-state index contributed by atoms with van der Waals surface area (Å²) in [7, 11) is 0. The number of hydrogen-bond acceptors (Lipinski definition) is 4. The number of carbonyl (C=O) groups is 1. The van der Waals surface area contributed by atoms with Crippen molar-refractivity contribution in [3.63, 3.8) is 0 Å². The summed E-state index contributed by atoms with van der Waals surface area (Å²) in [5.41, 5.74) is 2.00. The number of nitrogens with zero attached hydrogens (tertiary/aromatic N) is 3. The highest BCUT2D eigenvalue weighted by Crippen LogP contribution is 2.24. The number of morpholine rings is 1. The van der Waals surface area contributed by atoms with Crippen LogP contribution in [0.25, 0.3) is 0 Å². The molecule has 2 aliphatic rings. The van der Waals surface area contributed by atoms with Crippen molar-refractivity contribution in [2.24, 2.45) is 4.99 Å². The minimum Gasteiger partial charge on any atom is -0.373 e. The molecule has 2 heterocycles. The van der Waals surface area contributed by atoms with Crippen molar-refractivity contribution >= 4 is 11.9 Å². The first kappa shape index (κ1) is 22.3. The Balaban J connectivity index is 1.33. The van der Waals surface area contributed by atoms with Gasteiger partial charge in [-0.1, -0.05) is 48.5 Å². The van der Waals surface area contributed by atoms with Crippen LogP contribution in [0.4, 0.5) is 0 Å². The Labute approximate surface area is 190 Å². The van der Waals surface area contributed by atoms with E-state index in [4.69, 9.17) is 9.73 Å². The Morgan fingerprint density at radius 1 is 1.06 bits per heavy atom. The van der Waals surface area contributed by atoms with Gasteiger partial charge in [-0.15, -0.1) is 0 Å². The van der Waals surface area contributed by atoms with Gasteiger partial charge in [0.15, 0.2) is 5.96 Å². The largest absolute Gasteiger partial charge is 0.373 e. The summed E-state index contributed by atoms with van der Waals surface area (Å²) < 4.78 is 6.11. The fourth-order valence-corrected chi connectivity index (χ4v) is 4.39. The number of benzene rings is 2. The lowest BCUT2D eigenvalue weighted by molar-refractivity contribution is -0.0502. The average Bonchev–Trinajstić information content (AvgIpc) is 3.27. The van der Waals surface area contributed by atoms with Gasteiger partial charge in [0.25, 0.3) is 5.91 Å². The van der Waals surface area contributed by atoms with Crippen LogP contribution in [0.5, 0.6) is 0 Å². The van der Waals surface area contributed by atoms with Crippen LogP contribution in [0.2, 0.25) is 0 Å². The van der Waals surface area contributed by atoms with E-state index < -0.39 is 0 Å². The van der Waals surface area contributed by atoms with Gasteiger partial charge in [0, 0.05) is 44.8 Å². The summed E-state index contributed by atoms with van der Waals surface area (Å²) in [6, 6.07) is 20.3. The molecule has 2 aliphatic heterocycles. The molecular formula is C25H33N5O2. The molecule has 0 bridgehead atoms. The number of carbonyl (C=O) groups excluding carboxylic acids is 1. The van der Waals surface area contributed by atoms with Gasteiger partial charge in [-0.2, -0.15) is 0 Å². The van der Waals surface area contributed by atoms with Crippen molar-refractivity contribution in [2.75, 3.05) is 45.9 Å². The van der Waals surface area contributed by atoms with E-state index in [1.54, 1.807) is 0 Å². The van der Waals surface area contributed by atoms with E-state index in [9.17, 15) is 4.79 Å². The van der Waals surface area contributed by atoms with Gasteiger partial charge in [-0.25, -0.2) is 0 Å². The summed E-state index contributed by atoms with van der Waals surface area (Å²) >= 11 is 0. The molecule has 7 heteroatoms. The number of ether oxygens (including phenoxy) is 1. The second-order valence-electron chi connectivity index (χ2n) is 8.20. The van der Waals surface area contributed by atoms with Crippen LogP contribution >= 0.6 is 0 Å². The van der Waals surface area contributed by atoms with E-state index in [1.807, 2.05) is 30.3 Å². The number of aliphatic imine (C=N–C) groups is 1. The predicted octanol–water partition coefficient (Wildman–Crippen LogP) is 1.97. The molecule has 0 aromatic heterocycles. The molecule has 32 heavy (non-hydrogen) atoms. The van der Waals surface area contributed by atoms with Crippen molar-refractivity contribution in [1.29, 1.82) is 0 Å². The lowest BCUT2D eigenvalue weighted by Gasteiger charge is -2.36. The van der Waals surface area contributed by atoms with E-state index in [-0.39, 0.29) is 12.0 Å². The fourth-order valence-electron chi connectivity index (χ4n) is 4.39. The molecule has 2 aromatic carbocycles. The Bertz CT molecular complexity index is 890. The highest BCUT2D eigenvalue weighted by atomic mass is 16.5. The molecule has 2 unspecified atom stereocenters. The molecule has 1 amide bonds. The number of nitrogens with one attached hydrogen (secondary N) is 2. The topological polar surface area (TPSA) is 69.2 Å². The molecule has 2 N–H and O–H groups in total. The molecule has 4 rings (SSSR count). The van der Waals surface area contributed by atoms with Gasteiger partial charge in [-0.3, -0.25) is 14.7 Å². The van der Waals surface area contributed by atoms with Crippen molar-refractivity contribution in [1.82, 2.24) is 20.4 Å². The number of hydrogen-bond donors (Lipinski definition) is 2. The highest BCUT2D eigenvalue weighted by Gasteiger charge is 2.41. The summed E-state index contributed by atoms with van der Waals surface area (Å²) in [5, 5.41) is 6.35.